The molecular weight excluding hydrogens is 931 g/mol. The van der Waals surface area contributed by atoms with Gasteiger partial charge in [-0.25, -0.2) is 12.8 Å². The van der Waals surface area contributed by atoms with Crippen LogP contribution in [0.25, 0.3) is 0 Å². The Morgan fingerprint density at radius 3 is 2.59 bits per heavy atom. The zero-order chi connectivity index (χ0) is 48.3. The van der Waals surface area contributed by atoms with Gasteiger partial charge in [0.05, 0.1) is 28.8 Å². The number of nitrogens with one attached hydrogen (secondary N) is 4. The number of piperidine rings is 2. The standard InChI is InChI=1S/C51H53Cl2FN6O7S/c1-50(2,3)25-42-51(28-55-39-23-31(52)16-18-36(39)51)44(34-14-7-15-37(53)45(34)54)46(57-42)48(63)56-38-19-17-32(24-41(38)67-4)68(65,66)59-22-8-10-29(26-59)9-5-11-30-12-6-13-33-35(30)27-60(49(33)64)40-20-21-43(61)58-47(40)62/h6-7,12-19,23-24,29,40,42,44,46,55,57H,8-10,20-22,25-28H2,1-4H3,(H,56,63)(H,58,61,62)/t29-,40?,42+,44+,46-,51+/m1/s1. The molecule has 1 unspecified atom stereocenters. The zero-order valence-corrected chi connectivity index (χ0v) is 40.5. The number of carbonyl (C=O) groups excluding carboxylic acids is 4. The molecule has 1 spiro atoms. The van der Waals surface area contributed by atoms with Gasteiger partial charge in [-0.3, -0.25) is 24.5 Å². The topological polar surface area (TPSA) is 166 Å². The molecule has 3 fully saturated rings. The van der Waals surface area contributed by atoms with E-state index in [1.54, 1.807) is 24.3 Å². The molecule has 5 aliphatic heterocycles. The Hall–Kier alpha value is -5.50. The summed E-state index contributed by atoms with van der Waals surface area (Å²) in [6, 6.07) is 18.1. The second-order valence-corrected chi connectivity index (χ2v) is 22.4. The van der Waals surface area contributed by atoms with Crippen molar-refractivity contribution in [1.82, 2.24) is 19.8 Å². The van der Waals surface area contributed by atoms with E-state index < -0.39 is 51.1 Å². The lowest BCUT2D eigenvalue weighted by Crippen LogP contribution is -2.52. The average molecular weight is 984 g/mol. The van der Waals surface area contributed by atoms with Gasteiger partial charge in [0.15, 0.2) is 0 Å². The van der Waals surface area contributed by atoms with Crippen molar-refractivity contribution in [2.75, 3.05) is 37.4 Å². The lowest BCUT2D eigenvalue weighted by molar-refractivity contribution is -0.137. The molecule has 5 aliphatic rings. The highest BCUT2D eigenvalue weighted by Crippen LogP contribution is 2.57. The number of imide groups is 1. The summed E-state index contributed by atoms with van der Waals surface area (Å²) in [5.74, 6) is 3.60. The summed E-state index contributed by atoms with van der Waals surface area (Å²) in [4.78, 5) is 53.9. The van der Waals surface area contributed by atoms with E-state index in [-0.39, 0.29) is 76.5 Å². The minimum absolute atomic E-state index is 0.00137. The number of fused-ring (bicyclic) bond motifs is 3. The minimum Gasteiger partial charge on any atom is -0.495 e. The highest BCUT2D eigenvalue weighted by molar-refractivity contribution is 7.89. The number of nitrogens with zero attached hydrogens (tertiary/aromatic N) is 2. The number of benzene rings is 4. The normalized spacial score (nSPS) is 24.8. The van der Waals surface area contributed by atoms with Gasteiger partial charge in [0.25, 0.3) is 5.91 Å². The van der Waals surface area contributed by atoms with Gasteiger partial charge in [0.1, 0.15) is 17.6 Å². The first kappa shape index (κ1) is 47.6. The van der Waals surface area contributed by atoms with Crippen LogP contribution in [0.15, 0.2) is 77.7 Å². The maximum absolute atomic E-state index is 16.3. The minimum atomic E-state index is -4.02. The van der Waals surface area contributed by atoms with Gasteiger partial charge in [-0.15, -0.1) is 0 Å². The van der Waals surface area contributed by atoms with E-state index in [4.69, 9.17) is 27.9 Å². The number of carbonyl (C=O) groups is 4. The molecule has 0 saturated carbocycles. The van der Waals surface area contributed by atoms with Crippen molar-refractivity contribution in [3.8, 4) is 17.6 Å². The Balaban J connectivity index is 0.928. The molecule has 4 N–H and O–H groups in total. The van der Waals surface area contributed by atoms with Crippen LogP contribution >= 0.6 is 23.2 Å². The number of ether oxygens (including phenoxy) is 1. The second kappa shape index (κ2) is 18.4. The van der Waals surface area contributed by atoms with Gasteiger partial charge in [-0.1, -0.05) is 80.1 Å². The summed E-state index contributed by atoms with van der Waals surface area (Å²) >= 11 is 12.9. The highest BCUT2D eigenvalue weighted by atomic mass is 35.5. The van der Waals surface area contributed by atoms with Crippen molar-refractivity contribution < 1.29 is 36.7 Å². The van der Waals surface area contributed by atoms with Crippen LogP contribution in [0.1, 0.15) is 97.8 Å². The molecule has 68 heavy (non-hydrogen) atoms. The van der Waals surface area contributed by atoms with E-state index in [0.717, 1.165) is 23.2 Å². The molecule has 3 saturated heterocycles. The average Bonchev–Trinajstić information content (AvgIpc) is 3.95. The van der Waals surface area contributed by atoms with Crippen molar-refractivity contribution in [1.29, 1.82) is 0 Å². The van der Waals surface area contributed by atoms with Crippen LogP contribution in [0.4, 0.5) is 15.8 Å². The maximum Gasteiger partial charge on any atom is 0.255 e. The smallest absolute Gasteiger partial charge is 0.255 e. The van der Waals surface area contributed by atoms with Crippen molar-refractivity contribution in [3.63, 3.8) is 0 Å². The second-order valence-electron chi connectivity index (χ2n) is 19.6. The number of rotatable bonds is 9. The Labute approximate surface area is 405 Å². The number of amides is 4. The van der Waals surface area contributed by atoms with Crippen LogP contribution in [0.2, 0.25) is 10.0 Å². The molecule has 17 heteroatoms. The quantitative estimate of drug-likeness (QED) is 0.0976. The number of hydrogen-bond donors (Lipinski definition) is 4. The van der Waals surface area contributed by atoms with Gasteiger partial charge in [0.2, 0.25) is 27.7 Å². The monoisotopic (exact) mass is 982 g/mol. The molecule has 0 bridgehead atoms. The Morgan fingerprint density at radius 1 is 1.03 bits per heavy atom. The molecule has 9 rings (SSSR count). The number of halogens is 3. The van der Waals surface area contributed by atoms with Crippen LogP contribution in [0, 0.1) is 29.0 Å². The Morgan fingerprint density at radius 2 is 1.82 bits per heavy atom. The molecular formula is C51H53Cl2FN6O7S. The molecule has 0 radical (unpaired) electrons. The maximum atomic E-state index is 16.3. The SMILES string of the molecule is COc1cc(S(=O)(=O)N2CCC[C@@H](CC#Cc3cccc4c3CN(C3CCC(=O)NC3=O)C4=O)C2)ccc1NC(=O)[C@@H]1N[C@@H](CC(C)(C)C)[C@@]2(CNc3cc(Cl)ccc32)[C@H]1c1cccc(Cl)c1F. The molecule has 4 aromatic rings. The summed E-state index contributed by atoms with van der Waals surface area (Å²) in [5.41, 5.74) is 3.14. The molecule has 0 aromatic heterocycles. The Bertz CT molecular complexity index is 2920. The van der Waals surface area contributed by atoms with E-state index in [1.165, 1.54) is 40.6 Å². The lowest BCUT2D eigenvalue weighted by Gasteiger charge is -2.39. The number of anilines is 2. The lowest BCUT2D eigenvalue weighted by atomic mass is 9.63. The van der Waals surface area contributed by atoms with Gasteiger partial charge in [0, 0.05) is 84.3 Å². The van der Waals surface area contributed by atoms with Crippen molar-refractivity contribution in [2.45, 2.75) is 100 Å². The largest absolute Gasteiger partial charge is 0.495 e. The molecule has 13 nitrogen and oxygen atoms in total. The van der Waals surface area contributed by atoms with Gasteiger partial charge < -0.3 is 25.6 Å². The van der Waals surface area contributed by atoms with Crippen LogP contribution in [-0.4, -0.2) is 86.1 Å². The zero-order valence-electron chi connectivity index (χ0n) is 38.2. The van der Waals surface area contributed by atoms with Gasteiger partial charge in [-0.05, 0) is 96.2 Å². The fourth-order valence-electron chi connectivity index (χ4n) is 11.0. The summed E-state index contributed by atoms with van der Waals surface area (Å²) in [7, 11) is -2.61. The van der Waals surface area contributed by atoms with Crippen LogP contribution in [-0.2, 0) is 36.4 Å². The first-order valence-corrected chi connectivity index (χ1v) is 25.1. The first-order chi connectivity index (χ1) is 32.4. The van der Waals surface area contributed by atoms with E-state index in [0.29, 0.717) is 54.1 Å². The Kier molecular flexibility index (Phi) is 12.9. The fourth-order valence-corrected chi connectivity index (χ4v) is 12.9. The number of methoxy groups -OCH3 is 1. The van der Waals surface area contributed by atoms with Gasteiger partial charge in [-0.2, -0.15) is 4.31 Å². The third-order valence-electron chi connectivity index (χ3n) is 14.1. The summed E-state index contributed by atoms with van der Waals surface area (Å²) in [5, 5.41) is 13.0. The molecule has 0 aliphatic carbocycles. The van der Waals surface area contributed by atoms with Crippen LogP contribution < -0.4 is 26.0 Å². The third-order valence-corrected chi connectivity index (χ3v) is 16.5. The molecule has 6 atom stereocenters. The molecule has 4 amide bonds. The summed E-state index contributed by atoms with van der Waals surface area (Å²) < 4.78 is 52.0. The predicted molar refractivity (Wildman–Crippen MR) is 258 cm³/mol. The van der Waals surface area contributed by atoms with Gasteiger partial charge >= 0.3 is 0 Å². The van der Waals surface area contributed by atoms with E-state index in [1.807, 2.05) is 24.3 Å². The first-order valence-electron chi connectivity index (χ1n) is 22.9. The van der Waals surface area contributed by atoms with Crippen molar-refractivity contribution >= 4 is 68.2 Å². The number of hydrogen-bond acceptors (Lipinski definition) is 9. The highest BCUT2D eigenvalue weighted by Gasteiger charge is 2.61. The molecule has 5 heterocycles. The molecule has 4 aromatic carbocycles. The predicted octanol–water partition coefficient (Wildman–Crippen LogP) is 7.61. The fraction of sp³-hybridized carbons (Fsp3) is 0.412. The van der Waals surface area contributed by atoms with Crippen LogP contribution in [0.3, 0.4) is 0 Å². The van der Waals surface area contributed by atoms with Crippen molar-refractivity contribution in [2.24, 2.45) is 11.3 Å². The van der Waals surface area contributed by atoms with E-state index in [9.17, 15) is 27.6 Å². The summed E-state index contributed by atoms with van der Waals surface area (Å²) in [6.45, 7) is 7.53. The molecule has 356 valence electrons. The van der Waals surface area contributed by atoms with Crippen LogP contribution in [0.5, 0.6) is 5.75 Å². The van der Waals surface area contributed by atoms with E-state index >= 15 is 4.39 Å². The number of sulfonamides is 1. The van der Waals surface area contributed by atoms with E-state index in [2.05, 4.69) is 53.9 Å². The third kappa shape index (κ3) is 8.75. The van der Waals surface area contributed by atoms with Crippen molar-refractivity contribution in [3.05, 3.63) is 116 Å². The summed E-state index contributed by atoms with van der Waals surface area (Å²) in [6.07, 6.45) is 2.87.